The molecule has 0 radical (unpaired) electrons. The van der Waals surface area contributed by atoms with Gasteiger partial charge in [0.15, 0.2) is 0 Å². The van der Waals surface area contributed by atoms with Crippen molar-refractivity contribution < 1.29 is 9.59 Å². The molecule has 2 aromatic carbocycles. The Bertz CT molecular complexity index is 1090. The van der Waals surface area contributed by atoms with Crippen LogP contribution in [0, 0.1) is 0 Å². The Morgan fingerprint density at radius 2 is 1.45 bits per heavy atom. The topological polar surface area (TPSA) is 71.3 Å². The van der Waals surface area contributed by atoms with E-state index in [-0.39, 0.29) is 17.6 Å². The summed E-state index contributed by atoms with van der Waals surface area (Å²) < 4.78 is 1.53. The lowest BCUT2D eigenvalue weighted by molar-refractivity contribution is 0.0529. The molecule has 4 rings (SSSR count). The van der Waals surface area contributed by atoms with Crippen LogP contribution in [0.5, 0.6) is 0 Å². The number of benzene rings is 2. The lowest BCUT2D eigenvalue weighted by Gasteiger charge is -2.34. The molecule has 0 atom stereocenters. The SMILES string of the molecule is CCc1nc(C(=O)N2CCN(C(=O)c3ccccc3)CC2)nn1-c1c(Cl)cccc1Cl. The van der Waals surface area contributed by atoms with Gasteiger partial charge in [0, 0.05) is 38.2 Å². The number of hydrogen-bond donors (Lipinski definition) is 0. The van der Waals surface area contributed by atoms with Crippen LogP contribution in [0.1, 0.15) is 33.7 Å². The molecular weight excluding hydrogens is 437 g/mol. The normalized spacial score (nSPS) is 14.0. The maximum absolute atomic E-state index is 13.0. The minimum atomic E-state index is -0.275. The zero-order chi connectivity index (χ0) is 22.0. The van der Waals surface area contributed by atoms with Gasteiger partial charge in [0.25, 0.3) is 11.8 Å². The van der Waals surface area contributed by atoms with Crippen molar-refractivity contribution in [1.29, 1.82) is 0 Å². The molecule has 1 aliphatic heterocycles. The van der Waals surface area contributed by atoms with E-state index < -0.39 is 0 Å². The standard InChI is InChI=1S/C22H21Cl2N5O2/c1-2-18-25-20(26-29(18)19-16(23)9-6-10-17(19)24)22(31)28-13-11-27(12-14-28)21(30)15-7-4-3-5-8-15/h3-10H,2,11-14H2,1H3. The second kappa shape index (κ2) is 9.08. The number of piperazine rings is 1. The Labute approximate surface area is 190 Å². The molecule has 0 spiro atoms. The van der Waals surface area contributed by atoms with Gasteiger partial charge in [-0.05, 0) is 24.3 Å². The Morgan fingerprint density at radius 1 is 0.871 bits per heavy atom. The predicted molar refractivity (Wildman–Crippen MR) is 119 cm³/mol. The first-order chi connectivity index (χ1) is 15.0. The highest BCUT2D eigenvalue weighted by Gasteiger charge is 2.28. The highest BCUT2D eigenvalue weighted by atomic mass is 35.5. The fourth-order valence-corrected chi connectivity index (χ4v) is 4.11. The fraction of sp³-hybridized carbons (Fsp3) is 0.273. The number of hydrogen-bond acceptors (Lipinski definition) is 4. The van der Waals surface area contributed by atoms with Gasteiger partial charge < -0.3 is 9.80 Å². The first kappa shape index (κ1) is 21.3. The number of para-hydroxylation sites is 1. The van der Waals surface area contributed by atoms with Gasteiger partial charge in [0.2, 0.25) is 5.82 Å². The molecule has 0 bridgehead atoms. The van der Waals surface area contributed by atoms with E-state index in [1.807, 2.05) is 25.1 Å². The summed E-state index contributed by atoms with van der Waals surface area (Å²) in [7, 11) is 0. The van der Waals surface area contributed by atoms with Gasteiger partial charge in [-0.3, -0.25) is 9.59 Å². The van der Waals surface area contributed by atoms with Gasteiger partial charge in [-0.15, -0.1) is 5.10 Å². The second-order valence-electron chi connectivity index (χ2n) is 7.14. The van der Waals surface area contributed by atoms with Crippen LogP contribution in [-0.2, 0) is 6.42 Å². The maximum atomic E-state index is 13.0. The fourth-order valence-electron chi connectivity index (χ4n) is 3.55. The maximum Gasteiger partial charge on any atom is 0.293 e. The number of carbonyl (C=O) groups excluding carboxylic acids is 2. The molecule has 1 aliphatic rings. The Kier molecular flexibility index (Phi) is 6.25. The summed E-state index contributed by atoms with van der Waals surface area (Å²) in [5, 5.41) is 5.27. The molecule has 0 unspecified atom stereocenters. The molecule has 1 fully saturated rings. The summed E-state index contributed by atoms with van der Waals surface area (Å²) in [6.45, 7) is 3.67. The quantitative estimate of drug-likeness (QED) is 0.598. The number of halogens is 2. The molecular formula is C22H21Cl2N5O2. The van der Waals surface area contributed by atoms with Crippen LogP contribution in [0.4, 0.5) is 0 Å². The summed E-state index contributed by atoms with van der Waals surface area (Å²) >= 11 is 12.6. The summed E-state index contributed by atoms with van der Waals surface area (Å²) in [6, 6.07) is 14.3. The molecule has 31 heavy (non-hydrogen) atoms. The lowest BCUT2D eigenvalue weighted by Crippen LogP contribution is -2.50. The molecule has 160 valence electrons. The van der Waals surface area contributed by atoms with E-state index in [4.69, 9.17) is 23.2 Å². The molecule has 9 heteroatoms. The van der Waals surface area contributed by atoms with Gasteiger partial charge in [0.1, 0.15) is 11.5 Å². The highest BCUT2D eigenvalue weighted by molar-refractivity contribution is 6.37. The van der Waals surface area contributed by atoms with Crippen molar-refractivity contribution in [3.8, 4) is 5.69 Å². The van der Waals surface area contributed by atoms with Crippen molar-refractivity contribution in [1.82, 2.24) is 24.6 Å². The van der Waals surface area contributed by atoms with E-state index in [0.29, 0.717) is 59.7 Å². The van der Waals surface area contributed by atoms with Crippen LogP contribution in [0.2, 0.25) is 10.0 Å². The number of rotatable bonds is 4. The van der Waals surface area contributed by atoms with Gasteiger partial charge in [-0.2, -0.15) is 0 Å². The molecule has 7 nitrogen and oxygen atoms in total. The summed E-state index contributed by atoms with van der Waals surface area (Å²) in [5.41, 5.74) is 1.15. The summed E-state index contributed by atoms with van der Waals surface area (Å²) in [5.74, 6) is 0.382. The lowest BCUT2D eigenvalue weighted by atomic mass is 10.2. The van der Waals surface area contributed by atoms with E-state index in [1.54, 1.807) is 40.1 Å². The van der Waals surface area contributed by atoms with E-state index in [9.17, 15) is 9.59 Å². The molecule has 2 heterocycles. The van der Waals surface area contributed by atoms with E-state index in [2.05, 4.69) is 10.1 Å². The van der Waals surface area contributed by atoms with Crippen molar-refractivity contribution >= 4 is 35.0 Å². The minimum absolute atomic E-state index is 0.0308. The third-order valence-electron chi connectivity index (χ3n) is 5.21. The third-order valence-corrected chi connectivity index (χ3v) is 5.82. The number of carbonyl (C=O) groups is 2. The molecule has 2 amide bonds. The number of nitrogens with zero attached hydrogens (tertiary/aromatic N) is 5. The smallest absolute Gasteiger partial charge is 0.293 e. The zero-order valence-electron chi connectivity index (χ0n) is 17.0. The van der Waals surface area contributed by atoms with Crippen LogP contribution >= 0.6 is 23.2 Å². The third kappa shape index (κ3) is 4.29. The molecule has 0 N–H and O–H groups in total. The summed E-state index contributed by atoms with van der Waals surface area (Å²) in [4.78, 5) is 33.5. The monoisotopic (exact) mass is 457 g/mol. The number of aryl methyl sites for hydroxylation is 1. The van der Waals surface area contributed by atoms with Crippen molar-refractivity contribution in [3.63, 3.8) is 0 Å². The van der Waals surface area contributed by atoms with Crippen molar-refractivity contribution in [2.75, 3.05) is 26.2 Å². The van der Waals surface area contributed by atoms with Crippen LogP contribution < -0.4 is 0 Å². The van der Waals surface area contributed by atoms with Gasteiger partial charge in [-0.1, -0.05) is 54.4 Å². The Balaban J connectivity index is 1.50. The predicted octanol–water partition coefficient (Wildman–Crippen LogP) is 3.73. The summed E-state index contributed by atoms with van der Waals surface area (Å²) in [6.07, 6.45) is 0.557. The molecule has 1 aromatic heterocycles. The van der Waals surface area contributed by atoms with Gasteiger partial charge in [0.05, 0.1) is 10.0 Å². The van der Waals surface area contributed by atoms with E-state index in [0.717, 1.165) is 0 Å². The van der Waals surface area contributed by atoms with Crippen molar-refractivity contribution in [3.05, 3.63) is 75.8 Å². The number of amides is 2. The average Bonchev–Trinajstić information content (AvgIpc) is 3.22. The molecule has 0 saturated carbocycles. The molecule has 0 aliphatic carbocycles. The van der Waals surface area contributed by atoms with Crippen LogP contribution in [0.25, 0.3) is 5.69 Å². The van der Waals surface area contributed by atoms with Crippen LogP contribution in [0.3, 0.4) is 0 Å². The number of aromatic nitrogens is 3. The molecule has 1 saturated heterocycles. The Hall–Kier alpha value is -2.90. The average molecular weight is 458 g/mol. The van der Waals surface area contributed by atoms with Gasteiger partial charge >= 0.3 is 0 Å². The molecule has 3 aromatic rings. The van der Waals surface area contributed by atoms with Crippen molar-refractivity contribution in [2.24, 2.45) is 0 Å². The largest absolute Gasteiger partial charge is 0.335 e. The first-order valence-electron chi connectivity index (χ1n) is 10.0. The zero-order valence-corrected chi connectivity index (χ0v) is 18.5. The first-order valence-corrected chi connectivity index (χ1v) is 10.8. The van der Waals surface area contributed by atoms with Gasteiger partial charge in [-0.25, -0.2) is 9.67 Å². The van der Waals surface area contributed by atoms with Crippen LogP contribution in [0.15, 0.2) is 48.5 Å². The highest BCUT2D eigenvalue weighted by Crippen LogP contribution is 2.29. The Morgan fingerprint density at radius 3 is 2.03 bits per heavy atom. The van der Waals surface area contributed by atoms with E-state index >= 15 is 0 Å². The van der Waals surface area contributed by atoms with E-state index in [1.165, 1.54) is 4.68 Å². The second-order valence-corrected chi connectivity index (χ2v) is 7.95. The van der Waals surface area contributed by atoms with Crippen molar-refractivity contribution in [2.45, 2.75) is 13.3 Å². The minimum Gasteiger partial charge on any atom is -0.335 e. The van der Waals surface area contributed by atoms with Crippen LogP contribution in [-0.4, -0.2) is 62.6 Å².